The van der Waals surface area contributed by atoms with Crippen LogP contribution in [0.3, 0.4) is 0 Å². The minimum Gasteiger partial charge on any atom is -0.347 e. The quantitative estimate of drug-likeness (QED) is 0.423. The molecule has 0 aliphatic carbocycles. The number of amides is 3. The number of benzene rings is 3. The highest BCUT2D eigenvalue weighted by atomic mass is 35.5. The van der Waals surface area contributed by atoms with Crippen LogP contribution in [0.15, 0.2) is 72.8 Å². The van der Waals surface area contributed by atoms with Crippen LogP contribution in [0.5, 0.6) is 0 Å². The molecule has 1 heterocycles. The standard InChI is InChI=1S/C28H28ClN3O3S/c1-28(2,3)31-26(35)22-6-4-5-7-23(22)30-25(34)19-10-12-20(13-11-19)27-32(24(33)17-36-27)16-18-8-14-21(29)15-9-18/h4-15,27H,16-17H2,1-3H3,(H,30,34)(H,31,35)/t27-/m1/s1. The number of carbonyl (C=O) groups excluding carboxylic acids is 3. The molecule has 2 N–H and O–H groups in total. The van der Waals surface area contributed by atoms with Crippen molar-refractivity contribution >= 4 is 46.8 Å². The second-order valence-corrected chi connectivity index (χ2v) is 11.1. The Hall–Kier alpha value is -3.29. The van der Waals surface area contributed by atoms with Gasteiger partial charge in [0.25, 0.3) is 11.8 Å². The van der Waals surface area contributed by atoms with Crippen LogP contribution in [0.4, 0.5) is 5.69 Å². The molecular weight excluding hydrogens is 494 g/mol. The fourth-order valence-corrected chi connectivity index (χ4v) is 5.19. The van der Waals surface area contributed by atoms with Crippen molar-refractivity contribution in [2.75, 3.05) is 11.1 Å². The summed E-state index contributed by atoms with van der Waals surface area (Å²) in [7, 11) is 0. The van der Waals surface area contributed by atoms with Gasteiger partial charge >= 0.3 is 0 Å². The number of hydrogen-bond donors (Lipinski definition) is 2. The van der Waals surface area contributed by atoms with Crippen LogP contribution in [0, 0.1) is 0 Å². The molecule has 36 heavy (non-hydrogen) atoms. The first-order chi connectivity index (χ1) is 17.1. The third-order valence-electron chi connectivity index (χ3n) is 5.60. The lowest BCUT2D eigenvalue weighted by atomic mass is 10.1. The zero-order chi connectivity index (χ0) is 25.9. The Morgan fingerprint density at radius 2 is 1.64 bits per heavy atom. The van der Waals surface area contributed by atoms with Crippen LogP contribution in [-0.2, 0) is 11.3 Å². The van der Waals surface area contributed by atoms with Crippen molar-refractivity contribution < 1.29 is 14.4 Å². The van der Waals surface area contributed by atoms with E-state index in [0.717, 1.165) is 11.1 Å². The van der Waals surface area contributed by atoms with Gasteiger partial charge in [-0.1, -0.05) is 48.0 Å². The first-order valence-corrected chi connectivity index (χ1v) is 13.0. The van der Waals surface area contributed by atoms with Gasteiger partial charge < -0.3 is 15.5 Å². The monoisotopic (exact) mass is 521 g/mol. The van der Waals surface area contributed by atoms with Gasteiger partial charge in [0.1, 0.15) is 5.37 Å². The zero-order valence-corrected chi connectivity index (χ0v) is 22.0. The topological polar surface area (TPSA) is 78.5 Å². The maximum Gasteiger partial charge on any atom is 0.255 e. The van der Waals surface area contributed by atoms with Crippen molar-refractivity contribution in [2.45, 2.75) is 38.2 Å². The fraction of sp³-hybridized carbons (Fsp3) is 0.250. The van der Waals surface area contributed by atoms with Crippen molar-refractivity contribution in [3.63, 3.8) is 0 Å². The molecule has 0 bridgehead atoms. The molecule has 1 fully saturated rings. The lowest BCUT2D eigenvalue weighted by Crippen LogP contribution is -2.40. The summed E-state index contributed by atoms with van der Waals surface area (Å²) in [6.07, 6.45) is 0. The first kappa shape index (κ1) is 25.8. The highest BCUT2D eigenvalue weighted by molar-refractivity contribution is 8.00. The van der Waals surface area contributed by atoms with Gasteiger partial charge in [0.15, 0.2) is 0 Å². The van der Waals surface area contributed by atoms with E-state index in [4.69, 9.17) is 11.6 Å². The van der Waals surface area contributed by atoms with Crippen molar-refractivity contribution in [2.24, 2.45) is 0 Å². The van der Waals surface area contributed by atoms with Gasteiger partial charge in [0.2, 0.25) is 5.91 Å². The Balaban J connectivity index is 1.47. The molecule has 6 nitrogen and oxygen atoms in total. The number of hydrogen-bond acceptors (Lipinski definition) is 4. The lowest BCUT2D eigenvalue weighted by Gasteiger charge is -2.24. The maximum atomic E-state index is 13.0. The molecule has 8 heteroatoms. The average Bonchev–Trinajstić information content (AvgIpc) is 3.19. The van der Waals surface area contributed by atoms with Gasteiger partial charge in [-0.15, -0.1) is 11.8 Å². The molecule has 0 saturated carbocycles. The van der Waals surface area contributed by atoms with E-state index in [1.54, 1.807) is 48.2 Å². The average molecular weight is 522 g/mol. The first-order valence-electron chi connectivity index (χ1n) is 11.6. The number of anilines is 1. The Morgan fingerprint density at radius 1 is 0.972 bits per heavy atom. The molecule has 3 aromatic carbocycles. The highest BCUT2D eigenvalue weighted by Crippen LogP contribution is 2.39. The molecule has 4 rings (SSSR count). The summed E-state index contributed by atoms with van der Waals surface area (Å²) in [6.45, 7) is 6.20. The van der Waals surface area contributed by atoms with E-state index in [-0.39, 0.29) is 23.1 Å². The summed E-state index contributed by atoms with van der Waals surface area (Å²) in [5.74, 6) is -0.0800. The second-order valence-electron chi connectivity index (χ2n) is 9.64. The van der Waals surface area contributed by atoms with Gasteiger partial charge in [-0.25, -0.2) is 0 Å². The summed E-state index contributed by atoms with van der Waals surface area (Å²) < 4.78 is 0. The van der Waals surface area contributed by atoms with Gasteiger partial charge in [0, 0.05) is 22.7 Å². The number of para-hydroxylation sites is 1. The molecule has 186 valence electrons. The van der Waals surface area contributed by atoms with Crippen LogP contribution in [-0.4, -0.2) is 33.9 Å². The van der Waals surface area contributed by atoms with E-state index in [2.05, 4.69) is 10.6 Å². The van der Waals surface area contributed by atoms with Crippen LogP contribution in [0.2, 0.25) is 5.02 Å². The van der Waals surface area contributed by atoms with Crippen LogP contribution < -0.4 is 10.6 Å². The number of thioether (sulfide) groups is 1. The van der Waals surface area contributed by atoms with Crippen LogP contribution >= 0.6 is 23.4 Å². The molecule has 1 saturated heterocycles. The minimum atomic E-state index is -0.398. The van der Waals surface area contributed by atoms with Gasteiger partial charge in [-0.05, 0) is 68.3 Å². The predicted octanol–water partition coefficient (Wildman–Crippen LogP) is 5.89. The maximum absolute atomic E-state index is 13.0. The largest absolute Gasteiger partial charge is 0.347 e. The van der Waals surface area contributed by atoms with E-state index < -0.39 is 5.54 Å². The van der Waals surface area contributed by atoms with Gasteiger partial charge in [-0.3, -0.25) is 14.4 Å². The van der Waals surface area contributed by atoms with Crippen molar-refractivity contribution in [1.82, 2.24) is 10.2 Å². The third kappa shape index (κ3) is 6.28. The number of nitrogens with zero attached hydrogens (tertiary/aromatic N) is 1. The highest BCUT2D eigenvalue weighted by Gasteiger charge is 2.32. The second kappa shape index (κ2) is 10.8. The summed E-state index contributed by atoms with van der Waals surface area (Å²) in [5.41, 5.74) is 2.86. The van der Waals surface area contributed by atoms with E-state index in [9.17, 15) is 14.4 Å². The molecule has 0 unspecified atom stereocenters. The van der Waals surface area contributed by atoms with E-state index in [1.807, 2.05) is 62.1 Å². The van der Waals surface area contributed by atoms with Crippen molar-refractivity contribution in [3.8, 4) is 0 Å². The number of rotatable bonds is 6. The molecule has 1 atom stereocenters. The number of halogens is 1. The van der Waals surface area contributed by atoms with Gasteiger partial charge in [0.05, 0.1) is 17.0 Å². The molecular formula is C28H28ClN3O3S. The molecule has 3 amide bonds. The van der Waals surface area contributed by atoms with Gasteiger partial charge in [-0.2, -0.15) is 0 Å². The predicted molar refractivity (Wildman–Crippen MR) is 145 cm³/mol. The fourth-order valence-electron chi connectivity index (χ4n) is 3.88. The third-order valence-corrected chi connectivity index (χ3v) is 7.11. The molecule has 0 aromatic heterocycles. The SMILES string of the molecule is CC(C)(C)NC(=O)c1ccccc1NC(=O)c1ccc([C@H]2SCC(=O)N2Cc2ccc(Cl)cc2)cc1. The zero-order valence-electron chi connectivity index (χ0n) is 20.4. The van der Waals surface area contributed by atoms with Crippen LogP contribution in [0.1, 0.15) is 58.0 Å². The van der Waals surface area contributed by atoms with Crippen LogP contribution in [0.25, 0.3) is 0 Å². The van der Waals surface area contributed by atoms with Crippen molar-refractivity contribution in [3.05, 3.63) is 100 Å². The number of carbonyl (C=O) groups is 3. The Bertz CT molecular complexity index is 1270. The molecule has 0 radical (unpaired) electrons. The van der Waals surface area contributed by atoms with Crippen molar-refractivity contribution in [1.29, 1.82) is 0 Å². The van der Waals surface area contributed by atoms with E-state index in [0.29, 0.717) is 34.1 Å². The Labute approximate surface area is 220 Å². The molecule has 1 aliphatic rings. The minimum absolute atomic E-state index is 0.0758. The van der Waals surface area contributed by atoms with E-state index >= 15 is 0 Å². The summed E-state index contributed by atoms with van der Waals surface area (Å²) in [4.78, 5) is 40.1. The number of nitrogens with one attached hydrogen (secondary N) is 2. The Morgan fingerprint density at radius 3 is 2.31 bits per heavy atom. The normalized spacial score (nSPS) is 15.6. The summed E-state index contributed by atoms with van der Waals surface area (Å²) in [5, 5.41) is 6.30. The summed E-state index contributed by atoms with van der Waals surface area (Å²) >= 11 is 7.55. The lowest BCUT2D eigenvalue weighted by molar-refractivity contribution is -0.128. The molecule has 0 spiro atoms. The smallest absolute Gasteiger partial charge is 0.255 e. The Kier molecular flexibility index (Phi) is 7.71. The molecule has 1 aliphatic heterocycles. The molecule has 3 aromatic rings. The summed E-state index contributed by atoms with van der Waals surface area (Å²) in [6, 6.07) is 21.6. The van der Waals surface area contributed by atoms with E-state index in [1.165, 1.54) is 0 Å².